The first-order chi connectivity index (χ1) is 47.7. The molecule has 5 aliphatic heterocycles. The van der Waals surface area contributed by atoms with Crippen LogP contribution in [0.15, 0.2) is 346 Å². The van der Waals surface area contributed by atoms with Crippen molar-refractivity contribution in [2.45, 2.75) is 12.8 Å². The molecule has 0 amide bonds. The van der Waals surface area contributed by atoms with E-state index in [0.717, 1.165) is 116 Å². The molecule has 14 aromatic carbocycles. The summed E-state index contributed by atoms with van der Waals surface area (Å²) >= 11 is 0. The highest BCUT2D eigenvalue weighted by atomic mass is 15.2. The number of benzene rings is 14. The largest absolute Gasteiger partial charge is 0.341 e. The van der Waals surface area contributed by atoms with E-state index >= 15 is 0 Å². The average molecular weight is 1230 g/mol. The SMILES string of the molecule is c1ccc(N(c2ccccc2)c2cc3c4c(c2)N(c2ccccc2)c2cc5c(cc2B4c2ccccc2N3c2ccccc2)B2c3ccc(N4CCCc6ccccc64)cc3N(c3ccccc3)c3cc(N(c4ccccc4)c4ccccc4)cc(c32)N5c2ccccc2)cc1. The highest BCUT2D eigenvalue weighted by Gasteiger charge is 2.49. The first kappa shape index (κ1) is 55.4. The van der Waals surface area contributed by atoms with E-state index in [1.165, 1.54) is 55.4 Å². The van der Waals surface area contributed by atoms with Crippen molar-refractivity contribution in [2.24, 2.45) is 0 Å². The third-order valence-corrected chi connectivity index (χ3v) is 20.2. The van der Waals surface area contributed by atoms with E-state index in [1.807, 2.05) is 0 Å². The van der Waals surface area contributed by atoms with Crippen LogP contribution < -0.4 is 67.1 Å². The molecule has 5 aliphatic rings. The van der Waals surface area contributed by atoms with E-state index in [1.54, 1.807) is 0 Å². The molecule has 7 nitrogen and oxygen atoms in total. The minimum atomic E-state index is -0.206. The molecular weight excluding hydrogens is 1160 g/mol. The van der Waals surface area contributed by atoms with Crippen molar-refractivity contribution in [3.63, 3.8) is 0 Å². The molecule has 0 saturated carbocycles. The van der Waals surface area contributed by atoms with Crippen molar-refractivity contribution in [1.29, 1.82) is 0 Å². The predicted octanol–water partition coefficient (Wildman–Crippen LogP) is 18.9. The summed E-state index contributed by atoms with van der Waals surface area (Å²) in [6.07, 6.45) is 2.15. The summed E-state index contributed by atoms with van der Waals surface area (Å²) in [4.78, 5) is 17.7. The smallest absolute Gasteiger partial charge is 0.252 e. The van der Waals surface area contributed by atoms with Crippen LogP contribution in [0.3, 0.4) is 0 Å². The van der Waals surface area contributed by atoms with Crippen molar-refractivity contribution >= 4 is 160 Å². The zero-order valence-electron chi connectivity index (χ0n) is 52.8. The minimum Gasteiger partial charge on any atom is -0.341 e. The molecule has 96 heavy (non-hydrogen) atoms. The third-order valence-electron chi connectivity index (χ3n) is 20.2. The van der Waals surface area contributed by atoms with Gasteiger partial charge in [-0.2, -0.15) is 0 Å². The van der Waals surface area contributed by atoms with Crippen LogP contribution in [0, 0.1) is 0 Å². The van der Waals surface area contributed by atoms with Crippen LogP contribution >= 0.6 is 0 Å². The zero-order chi connectivity index (χ0) is 63.2. The summed E-state index contributed by atoms with van der Waals surface area (Å²) in [5.41, 5.74) is 31.3. The van der Waals surface area contributed by atoms with Gasteiger partial charge in [0.1, 0.15) is 0 Å². The van der Waals surface area contributed by atoms with Gasteiger partial charge < -0.3 is 34.3 Å². The van der Waals surface area contributed by atoms with E-state index in [9.17, 15) is 0 Å². The Kier molecular flexibility index (Phi) is 13.2. The lowest BCUT2D eigenvalue weighted by Gasteiger charge is -2.48. The first-order valence-corrected chi connectivity index (χ1v) is 33.5. The second kappa shape index (κ2) is 22.8. The lowest BCUT2D eigenvalue weighted by molar-refractivity contribution is 0.767. The molecule has 0 N–H and O–H groups in total. The fourth-order valence-corrected chi connectivity index (χ4v) is 16.2. The van der Waals surface area contributed by atoms with Crippen molar-refractivity contribution < 1.29 is 0 Å². The Morgan fingerprint density at radius 1 is 0.229 bits per heavy atom. The van der Waals surface area contributed by atoms with Crippen molar-refractivity contribution in [1.82, 2.24) is 0 Å². The van der Waals surface area contributed by atoms with Gasteiger partial charge in [0.25, 0.3) is 13.4 Å². The number of rotatable bonds is 11. The number of hydrogen-bond acceptors (Lipinski definition) is 7. The van der Waals surface area contributed by atoms with Gasteiger partial charge in [-0.3, -0.25) is 0 Å². The summed E-state index contributed by atoms with van der Waals surface area (Å²) in [5, 5.41) is 0. The lowest BCUT2D eigenvalue weighted by Crippen LogP contribution is -2.65. The third kappa shape index (κ3) is 8.91. The normalized spacial score (nSPS) is 13.6. The van der Waals surface area contributed by atoms with Crippen LogP contribution in [0.25, 0.3) is 0 Å². The van der Waals surface area contributed by atoms with Gasteiger partial charge in [0.15, 0.2) is 0 Å². The lowest BCUT2D eigenvalue weighted by atomic mass is 9.30. The van der Waals surface area contributed by atoms with E-state index < -0.39 is 0 Å². The fraction of sp³-hybridized carbons (Fsp3) is 0.0345. The average Bonchev–Trinajstić information content (AvgIpc) is 0.693. The minimum absolute atomic E-state index is 0.175. The van der Waals surface area contributed by atoms with Crippen LogP contribution in [-0.4, -0.2) is 20.0 Å². The molecular formula is C87H63B2N7. The van der Waals surface area contributed by atoms with Gasteiger partial charge in [0, 0.05) is 109 Å². The van der Waals surface area contributed by atoms with Crippen molar-refractivity contribution in [2.75, 3.05) is 40.8 Å². The molecule has 9 heteroatoms. The summed E-state index contributed by atoms with van der Waals surface area (Å²) in [5.74, 6) is 0. The second-order valence-electron chi connectivity index (χ2n) is 25.5. The Morgan fingerprint density at radius 3 is 0.979 bits per heavy atom. The van der Waals surface area contributed by atoms with Crippen LogP contribution in [0.4, 0.5) is 114 Å². The summed E-state index contributed by atoms with van der Waals surface area (Å²) in [6.45, 7) is 0.553. The maximum Gasteiger partial charge on any atom is 0.252 e. The van der Waals surface area contributed by atoms with Gasteiger partial charge >= 0.3 is 0 Å². The fourth-order valence-electron chi connectivity index (χ4n) is 16.2. The number of anilines is 20. The molecule has 452 valence electrons. The maximum absolute atomic E-state index is 2.65. The number of hydrogen-bond donors (Lipinski definition) is 0. The van der Waals surface area contributed by atoms with E-state index in [4.69, 9.17) is 0 Å². The Morgan fingerprint density at radius 2 is 0.562 bits per heavy atom. The predicted molar refractivity (Wildman–Crippen MR) is 406 cm³/mol. The zero-order valence-corrected chi connectivity index (χ0v) is 52.8. The molecule has 0 aliphatic carbocycles. The van der Waals surface area contributed by atoms with E-state index in [-0.39, 0.29) is 13.4 Å². The molecule has 0 unspecified atom stereocenters. The number of aryl methyl sites for hydroxylation is 1. The molecule has 14 aromatic rings. The van der Waals surface area contributed by atoms with Gasteiger partial charge in [0.05, 0.1) is 11.4 Å². The number of fused-ring (bicyclic) bond motifs is 9. The topological polar surface area (TPSA) is 22.7 Å². The number of nitrogens with zero attached hydrogens (tertiary/aromatic N) is 7. The van der Waals surface area contributed by atoms with Crippen molar-refractivity contribution in [3.8, 4) is 0 Å². The Bertz CT molecular complexity index is 5180. The second-order valence-corrected chi connectivity index (χ2v) is 25.5. The molecule has 5 heterocycles. The van der Waals surface area contributed by atoms with Gasteiger partial charge in [0.2, 0.25) is 0 Å². The van der Waals surface area contributed by atoms with Crippen LogP contribution in [-0.2, 0) is 6.42 Å². The molecule has 0 aromatic heterocycles. The summed E-state index contributed by atoms with van der Waals surface area (Å²) < 4.78 is 0. The van der Waals surface area contributed by atoms with Crippen LogP contribution in [0.5, 0.6) is 0 Å². The molecule has 0 radical (unpaired) electrons. The van der Waals surface area contributed by atoms with Crippen LogP contribution in [0.1, 0.15) is 12.0 Å². The Balaban J connectivity index is 0.936. The molecule has 0 atom stereocenters. The van der Waals surface area contributed by atoms with E-state index in [2.05, 4.69) is 380 Å². The molecule has 0 spiro atoms. The Labute approximate surface area is 561 Å². The first-order valence-electron chi connectivity index (χ1n) is 33.5. The van der Waals surface area contributed by atoms with Crippen LogP contribution in [0.2, 0.25) is 0 Å². The Hall–Kier alpha value is -12.2. The highest BCUT2D eigenvalue weighted by molar-refractivity contribution is 7.03. The monoisotopic (exact) mass is 1230 g/mol. The summed E-state index contributed by atoms with van der Waals surface area (Å²) in [6, 6.07) is 128. The molecule has 0 fully saturated rings. The van der Waals surface area contributed by atoms with Crippen molar-refractivity contribution in [3.05, 3.63) is 351 Å². The van der Waals surface area contributed by atoms with E-state index in [0.29, 0.717) is 0 Å². The molecule has 19 rings (SSSR count). The quantitative estimate of drug-likeness (QED) is 0.119. The van der Waals surface area contributed by atoms with Gasteiger partial charge in [-0.05, 0) is 203 Å². The van der Waals surface area contributed by atoms with Gasteiger partial charge in [-0.25, -0.2) is 0 Å². The van der Waals surface area contributed by atoms with Gasteiger partial charge in [-0.1, -0.05) is 194 Å². The standard InChI is InChI=1S/C87H63B2N7/c1-9-32-62(33-10-1)91(63-34-11-2-12-35-63)71-55-82-86-84(57-71)95(68-44-21-7-22-45-68)80-60-81-76(59-75(80)88(86)73-48-26-28-50-78(73)93(82)66-40-17-5-18-41-66)89-74-52-51-70(90-53-29-31-61-30-25-27-49-77(61)90)54-79(74)94(67-42-19-6-20-43-67)83-56-72(58-85(87(83)89)96(81)69-46-23-8-24-47-69)92(64-36-13-3-14-37-64)65-38-15-4-16-39-65/h1-28,30,32-52,54-60H,29,31,53H2. The highest BCUT2D eigenvalue weighted by Crippen LogP contribution is 2.53. The van der Waals surface area contributed by atoms with Gasteiger partial charge in [-0.15, -0.1) is 0 Å². The number of para-hydroxylation sites is 10. The summed E-state index contributed by atoms with van der Waals surface area (Å²) in [7, 11) is 0. The molecule has 0 bridgehead atoms. The maximum atomic E-state index is 2.65. The molecule has 0 saturated heterocycles.